The molecule has 0 amide bonds. The molecule has 0 saturated carbocycles. The zero-order chi connectivity index (χ0) is 4.28. The Kier molecular flexibility index (Phi) is 3.25. The zero-order valence-corrected chi connectivity index (χ0v) is 6.63. The van der Waals surface area contributed by atoms with Crippen molar-refractivity contribution in [3.8, 4) is 0 Å². The summed E-state index contributed by atoms with van der Waals surface area (Å²) in [6.45, 7) is 0. The van der Waals surface area contributed by atoms with Gasteiger partial charge in [0.25, 0.3) is 0 Å². The third kappa shape index (κ3) is 4.66. The van der Waals surface area contributed by atoms with E-state index in [4.69, 9.17) is 8.19 Å². The Morgan fingerprint density at radius 3 is 1.80 bits per heavy atom. The molecule has 0 radical (unpaired) electrons. The van der Waals surface area contributed by atoms with Crippen LogP contribution < -0.4 is 0 Å². The fraction of sp³-hybridized carbons (Fsp3) is 0. The van der Waals surface area contributed by atoms with Crippen LogP contribution in [0.2, 0.25) is 0 Å². The van der Waals surface area contributed by atoms with Crippen molar-refractivity contribution >= 4 is 26.2 Å². The summed E-state index contributed by atoms with van der Waals surface area (Å²) in [5, 5.41) is 0. The molecule has 32 valence electrons. The van der Waals surface area contributed by atoms with Gasteiger partial charge in [0, 0.05) is 0 Å². The van der Waals surface area contributed by atoms with Gasteiger partial charge in [0.15, 0.2) is 0 Å². The number of hydrogen-bond donors (Lipinski definition) is 2. The quantitative estimate of drug-likeness (QED) is 0.405. The van der Waals surface area contributed by atoms with E-state index in [2.05, 4.69) is 3.42 Å². The first kappa shape index (κ1) is 5.66. The molecule has 0 aromatic rings. The fourth-order valence-corrected chi connectivity index (χ4v) is 0. The molecule has 0 aliphatic heterocycles. The first-order valence-corrected chi connectivity index (χ1v) is 4.25. The van der Waals surface area contributed by atoms with E-state index in [-0.39, 0.29) is 0 Å². The second-order valence-corrected chi connectivity index (χ2v) is 4.16. The van der Waals surface area contributed by atoms with E-state index in [0.717, 1.165) is 0 Å². The van der Waals surface area contributed by atoms with Crippen LogP contribution in [-0.4, -0.2) is 34.4 Å². The van der Waals surface area contributed by atoms with Crippen LogP contribution in [0, 0.1) is 0 Å². The zero-order valence-electron chi connectivity index (χ0n) is 2.75. The summed E-state index contributed by atoms with van der Waals surface area (Å²) in [4.78, 5) is 0. The molecule has 0 unspecified atom stereocenters. The fourth-order valence-electron chi connectivity index (χ4n) is 0. The summed E-state index contributed by atoms with van der Waals surface area (Å²) in [5.41, 5.74) is 0. The van der Waals surface area contributed by atoms with Gasteiger partial charge in [0.05, 0.1) is 0 Å². The Hall–Kier alpha value is 0.655. The van der Waals surface area contributed by atoms with Crippen LogP contribution in [0.3, 0.4) is 0 Å². The van der Waals surface area contributed by atoms with E-state index in [1.165, 1.54) is 0 Å². The van der Waals surface area contributed by atoms with Gasteiger partial charge >= 0.3 is 37.8 Å². The van der Waals surface area contributed by atoms with Crippen LogP contribution in [-0.2, 0) is 3.42 Å². The van der Waals surface area contributed by atoms with Crippen LogP contribution in [0.15, 0.2) is 0 Å². The SMILES string of the molecule is O[As](O)O[SiH3]. The van der Waals surface area contributed by atoms with E-state index >= 15 is 0 Å². The Labute approximate surface area is 38.4 Å². The van der Waals surface area contributed by atoms with Crippen molar-refractivity contribution in [2.45, 2.75) is 0 Å². The van der Waals surface area contributed by atoms with E-state index in [1.807, 2.05) is 0 Å². The topological polar surface area (TPSA) is 49.7 Å². The molecule has 0 fully saturated rings. The first-order valence-electron chi connectivity index (χ1n) is 0.991. The van der Waals surface area contributed by atoms with E-state index < -0.39 is 15.7 Å². The molecule has 0 aliphatic rings. The van der Waals surface area contributed by atoms with Crippen molar-refractivity contribution in [3.05, 3.63) is 0 Å². The third-order valence-corrected chi connectivity index (χ3v) is 2.55. The number of hydrogen-bond acceptors (Lipinski definition) is 3. The maximum atomic E-state index is 7.88. The van der Waals surface area contributed by atoms with Crippen molar-refractivity contribution in [2.24, 2.45) is 0 Å². The minimum absolute atomic E-state index is 0.438. The van der Waals surface area contributed by atoms with E-state index in [1.54, 1.807) is 0 Å². The molecular formula is H5AsO3Si. The molecule has 3 nitrogen and oxygen atoms in total. The third-order valence-electron chi connectivity index (χ3n) is 0.163. The van der Waals surface area contributed by atoms with E-state index in [9.17, 15) is 0 Å². The van der Waals surface area contributed by atoms with Gasteiger partial charge in [-0.1, -0.05) is 0 Å². The van der Waals surface area contributed by atoms with Crippen molar-refractivity contribution in [2.75, 3.05) is 0 Å². The van der Waals surface area contributed by atoms with Gasteiger partial charge in [-0.2, -0.15) is 0 Å². The van der Waals surface area contributed by atoms with Crippen LogP contribution in [0.25, 0.3) is 0 Å². The summed E-state index contributed by atoms with van der Waals surface area (Å²) < 4.78 is 19.9. The van der Waals surface area contributed by atoms with Gasteiger partial charge in [-0.15, -0.1) is 0 Å². The monoisotopic (exact) mass is 156 g/mol. The second-order valence-electron chi connectivity index (χ2n) is 0.435. The Morgan fingerprint density at radius 1 is 1.60 bits per heavy atom. The summed E-state index contributed by atoms with van der Waals surface area (Å²) in [6, 6.07) is 0. The van der Waals surface area contributed by atoms with Crippen molar-refractivity contribution in [3.63, 3.8) is 0 Å². The molecule has 5 heavy (non-hydrogen) atoms. The second kappa shape index (κ2) is 2.87. The average Bonchev–Trinajstić information content (AvgIpc) is 1.38. The van der Waals surface area contributed by atoms with Gasteiger partial charge in [-0.3, -0.25) is 0 Å². The van der Waals surface area contributed by atoms with Crippen molar-refractivity contribution < 1.29 is 11.6 Å². The molecule has 0 aromatic carbocycles. The molecule has 5 heteroatoms. The molecular weight excluding hydrogens is 151 g/mol. The Morgan fingerprint density at radius 2 is 1.80 bits per heavy atom. The summed E-state index contributed by atoms with van der Waals surface area (Å²) in [6.07, 6.45) is 0. The van der Waals surface area contributed by atoms with Gasteiger partial charge in [-0.05, 0) is 0 Å². The summed E-state index contributed by atoms with van der Waals surface area (Å²) in [7, 11) is 0.438. The van der Waals surface area contributed by atoms with Crippen molar-refractivity contribution in [1.82, 2.24) is 0 Å². The number of rotatable bonds is 1. The maximum absolute atomic E-state index is 7.88. The summed E-state index contributed by atoms with van der Waals surface area (Å²) in [5.74, 6) is 0. The average molecular weight is 156 g/mol. The molecule has 0 atom stereocenters. The minimum atomic E-state index is -2.64. The molecule has 0 saturated heterocycles. The molecule has 0 rings (SSSR count). The normalized spacial score (nSPS) is 10.2. The molecule has 0 aromatic heterocycles. The van der Waals surface area contributed by atoms with Gasteiger partial charge in [-0.25, -0.2) is 0 Å². The molecule has 2 N–H and O–H groups in total. The van der Waals surface area contributed by atoms with Gasteiger partial charge < -0.3 is 0 Å². The molecule has 0 bridgehead atoms. The molecule has 0 aliphatic carbocycles. The van der Waals surface area contributed by atoms with Crippen LogP contribution in [0.5, 0.6) is 0 Å². The Balaban J connectivity index is 2.54. The predicted molar refractivity (Wildman–Crippen MR) is 21.2 cm³/mol. The molecule has 0 spiro atoms. The first-order chi connectivity index (χ1) is 2.27. The molecule has 0 heterocycles. The van der Waals surface area contributed by atoms with Crippen LogP contribution in [0.4, 0.5) is 0 Å². The van der Waals surface area contributed by atoms with Crippen LogP contribution >= 0.6 is 0 Å². The van der Waals surface area contributed by atoms with E-state index in [0.29, 0.717) is 10.5 Å². The van der Waals surface area contributed by atoms with Crippen molar-refractivity contribution in [1.29, 1.82) is 0 Å². The standard InChI is InChI=1S/AsH5O3Si/c2-1(3)4-5/h2-3H,5H3. The van der Waals surface area contributed by atoms with Gasteiger partial charge in [0.1, 0.15) is 0 Å². The Bertz CT molecular complexity index is 20.9. The van der Waals surface area contributed by atoms with Crippen LogP contribution in [0.1, 0.15) is 0 Å². The summed E-state index contributed by atoms with van der Waals surface area (Å²) >= 11 is -2.64. The predicted octanol–water partition coefficient (Wildman–Crippen LogP) is -2.75. The van der Waals surface area contributed by atoms with Gasteiger partial charge in [0.2, 0.25) is 0 Å².